The summed E-state index contributed by atoms with van der Waals surface area (Å²) < 4.78 is 0. The molecule has 0 aliphatic heterocycles. The van der Waals surface area contributed by atoms with Gasteiger partial charge in [-0.15, -0.1) is 0 Å². The highest BCUT2D eigenvalue weighted by molar-refractivity contribution is 5.82. The largest absolute Gasteiger partial charge is 0.0622 e. The predicted molar refractivity (Wildman–Crippen MR) is 120 cm³/mol. The first-order chi connectivity index (χ1) is 12.9. The molecule has 0 aliphatic carbocycles. The van der Waals surface area contributed by atoms with Crippen LogP contribution in [0.25, 0.3) is 22.3 Å². The highest BCUT2D eigenvalue weighted by atomic mass is 14.3. The highest BCUT2D eigenvalue weighted by Gasteiger charge is 2.24. The maximum Gasteiger partial charge on any atom is -0.0111 e. The SMILES string of the molecule is CC(C)c1cc(-c2ccccc2)c(C(C)C)c(C(C)C)c1-c1ccccc1. The van der Waals surface area contributed by atoms with E-state index in [1.54, 1.807) is 0 Å². The van der Waals surface area contributed by atoms with Crippen molar-refractivity contribution in [1.82, 2.24) is 0 Å². The molecule has 0 heteroatoms. The Labute approximate surface area is 165 Å². The van der Waals surface area contributed by atoms with Crippen molar-refractivity contribution in [3.05, 3.63) is 83.4 Å². The summed E-state index contributed by atoms with van der Waals surface area (Å²) in [6.45, 7) is 14.0. The van der Waals surface area contributed by atoms with Crippen LogP contribution in [0.4, 0.5) is 0 Å². The van der Waals surface area contributed by atoms with Gasteiger partial charge in [-0.3, -0.25) is 0 Å². The Bertz CT molecular complexity index is 884. The molecule has 140 valence electrons. The Hall–Kier alpha value is -2.34. The van der Waals surface area contributed by atoms with Gasteiger partial charge in [0.25, 0.3) is 0 Å². The molecule has 0 unspecified atom stereocenters. The molecular weight excluding hydrogens is 324 g/mol. The van der Waals surface area contributed by atoms with E-state index in [1.807, 2.05) is 0 Å². The maximum atomic E-state index is 2.46. The first-order valence-corrected chi connectivity index (χ1v) is 10.2. The topological polar surface area (TPSA) is 0 Å². The molecule has 0 N–H and O–H groups in total. The van der Waals surface area contributed by atoms with Crippen molar-refractivity contribution in [2.45, 2.75) is 59.3 Å². The lowest BCUT2D eigenvalue weighted by atomic mass is 9.76. The Kier molecular flexibility index (Phi) is 5.85. The molecule has 0 aromatic heterocycles. The molecule has 3 aromatic rings. The van der Waals surface area contributed by atoms with E-state index in [9.17, 15) is 0 Å². The van der Waals surface area contributed by atoms with Gasteiger partial charge in [-0.25, -0.2) is 0 Å². The minimum absolute atomic E-state index is 0.471. The Morgan fingerprint density at radius 2 is 1.00 bits per heavy atom. The van der Waals surface area contributed by atoms with E-state index in [0.29, 0.717) is 17.8 Å². The van der Waals surface area contributed by atoms with Crippen molar-refractivity contribution in [1.29, 1.82) is 0 Å². The number of rotatable bonds is 5. The molecule has 3 aromatic carbocycles. The third kappa shape index (κ3) is 3.86. The maximum absolute atomic E-state index is 2.46. The Morgan fingerprint density at radius 1 is 0.519 bits per heavy atom. The molecule has 0 saturated carbocycles. The third-order valence-electron chi connectivity index (χ3n) is 5.36. The van der Waals surface area contributed by atoms with Gasteiger partial charge in [0.2, 0.25) is 0 Å². The molecule has 0 fully saturated rings. The molecule has 0 atom stereocenters. The highest BCUT2D eigenvalue weighted by Crippen LogP contribution is 2.45. The first kappa shape index (κ1) is 19.4. The number of hydrogen-bond donors (Lipinski definition) is 0. The molecule has 0 aliphatic rings. The van der Waals surface area contributed by atoms with Crippen LogP contribution in [0, 0.1) is 0 Å². The van der Waals surface area contributed by atoms with Crippen LogP contribution in [0.3, 0.4) is 0 Å². The van der Waals surface area contributed by atoms with E-state index in [1.165, 1.54) is 38.9 Å². The van der Waals surface area contributed by atoms with Gasteiger partial charge in [0.05, 0.1) is 0 Å². The molecule has 3 rings (SSSR count). The minimum Gasteiger partial charge on any atom is -0.0622 e. The lowest BCUT2D eigenvalue weighted by Gasteiger charge is -2.28. The van der Waals surface area contributed by atoms with Crippen LogP contribution < -0.4 is 0 Å². The standard InChI is InChI=1S/C27H32/c1-18(2)23-17-24(21-13-9-7-10-14-21)25(19(3)4)26(20(5)6)27(23)22-15-11-8-12-16-22/h7-20H,1-6H3. The summed E-state index contributed by atoms with van der Waals surface area (Å²) in [4.78, 5) is 0. The van der Waals surface area contributed by atoms with Crippen LogP contribution >= 0.6 is 0 Å². The van der Waals surface area contributed by atoms with Gasteiger partial charge < -0.3 is 0 Å². The van der Waals surface area contributed by atoms with Crippen molar-refractivity contribution < 1.29 is 0 Å². The molecule has 27 heavy (non-hydrogen) atoms. The number of benzene rings is 3. The van der Waals surface area contributed by atoms with Gasteiger partial charge in [0.15, 0.2) is 0 Å². The predicted octanol–water partition coefficient (Wildman–Crippen LogP) is 8.39. The van der Waals surface area contributed by atoms with Gasteiger partial charge in [-0.2, -0.15) is 0 Å². The average molecular weight is 357 g/mol. The van der Waals surface area contributed by atoms with Crippen LogP contribution in [0.1, 0.15) is 76.0 Å². The summed E-state index contributed by atoms with van der Waals surface area (Å²) >= 11 is 0. The summed E-state index contributed by atoms with van der Waals surface area (Å²) in [5.41, 5.74) is 9.98. The zero-order valence-corrected chi connectivity index (χ0v) is 17.6. The second-order valence-electron chi connectivity index (χ2n) is 8.41. The van der Waals surface area contributed by atoms with Crippen molar-refractivity contribution in [3.63, 3.8) is 0 Å². The van der Waals surface area contributed by atoms with E-state index in [-0.39, 0.29) is 0 Å². The van der Waals surface area contributed by atoms with Crippen LogP contribution in [0.5, 0.6) is 0 Å². The lowest BCUT2D eigenvalue weighted by Crippen LogP contribution is -2.08. The van der Waals surface area contributed by atoms with Crippen molar-refractivity contribution in [2.24, 2.45) is 0 Å². The molecule has 0 spiro atoms. The van der Waals surface area contributed by atoms with Gasteiger partial charge in [-0.1, -0.05) is 102 Å². The average Bonchev–Trinajstić information content (AvgIpc) is 2.67. The van der Waals surface area contributed by atoms with Crippen LogP contribution in [0.15, 0.2) is 66.7 Å². The quantitative estimate of drug-likeness (QED) is 0.430. The zero-order valence-electron chi connectivity index (χ0n) is 17.6. The van der Waals surface area contributed by atoms with Crippen LogP contribution in [0.2, 0.25) is 0 Å². The van der Waals surface area contributed by atoms with Crippen LogP contribution in [-0.2, 0) is 0 Å². The molecule has 0 heterocycles. The fourth-order valence-electron chi connectivity index (χ4n) is 4.20. The minimum atomic E-state index is 0.471. The van der Waals surface area contributed by atoms with E-state index in [4.69, 9.17) is 0 Å². The normalized spacial score (nSPS) is 11.6. The summed E-state index contributed by atoms with van der Waals surface area (Å²) in [5, 5.41) is 0. The monoisotopic (exact) mass is 356 g/mol. The van der Waals surface area contributed by atoms with Gasteiger partial charge in [-0.05, 0) is 62.8 Å². The lowest BCUT2D eigenvalue weighted by molar-refractivity contribution is 0.783. The van der Waals surface area contributed by atoms with Gasteiger partial charge in [0, 0.05) is 0 Å². The summed E-state index contributed by atoms with van der Waals surface area (Å²) in [7, 11) is 0. The second kappa shape index (κ2) is 8.13. The summed E-state index contributed by atoms with van der Waals surface area (Å²) in [6.07, 6.45) is 0. The Morgan fingerprint density at radius 3 is 1.44 bits per heavy atom. The van der Waals surface area contributed by atoms with Crippen LogP contribution in [-0.4, -0.2) is 0 Å². The number of hydrogen-bond acceptors (Lipinski definition) is 0. The van der Waals surface area contributed by atoms with E-state index < -0.39 is 0 Å². The first-order valence-electron chi connectivity index (χ1n) is 10.2. The fraction of sp³-hybridized carbons (Fsp3) is 0.333. The smallest absolute Gasteiger partial charge is 0.0111 e. The second-order valence-corrected chi connectivity index (χ2v) is 8.41. The molecule has 0 bridgehead atoms. The van der Waals surface area contributed by atoms with Gasteiger partial charge >= 0.3 is 0 Å². The summed E-state index contributed by atoms with van der Waals surface area (Å²) in [6, 6.07) is 24.3. The van der Waals surface area contributed by atoms with Crippen molar-refractivity contribution >= 4 is 0 Å². The Balaban J connectivity index is 2.46. The molecule has 0 radical (unpaired) electrons. The van der Waals surface area contributed by atoms with Crippen molar-refractivity contribution in [3.8, 4) is 22.3 Å². The van der Waals surface area contributed by atoms with E-state index >= 15 is 0 Å². The van der Waals surface area contributed by atoms with E-state index in [0.717, 1.165) is 0 Å². The summed E-state index contributed by atoms with van der Waals surface area (Å²) in [5.74, 6) is 1.42. The molecular formula is C27H32. The fourth-order valence-corrected chi connectivity index (χ4v) is 4.20. The van der Waals surface area contributed by atoms with E-state index in [2.05, 4.69) is 108 Å². The van der Waals surface area contributed by atoms with Crippen molar-refractivity contribution in [2.75, 3.05) is 0 Å². The van der Waals surface area contributed by atoms with Gasteiger partial charge in [0.1, 0.15) is 0 Å². The third-order valence-corrected chi connectivity index (χ3v) is 5.36. The zero-order chi connectivity index (χ0) is 19.6. The molecule has 0 saturated heterocycles. The molecule has 0 amide bonds. The molecule has 0 nitrogen and oxygen atoms in total.